The van der Waals surface area contributed by atoms with Crippen LogP contribution in [0.2, 0.25) is 0 Å². The molecular weight excluding hydrogens is 202 g/mol. The molecule has 0 saturated heterocycles. The monoisotopic (exact) mass is 223 g/mol. The third-order valence-electron chi connectivity index (χ3n) is 2.33. The predicted octanol–water partition coefficient (Wildman–Crippen LogP) is 2.49. The van der Waals surface area contributed by atoms with E-state index in [4.69, 9.17) is 4.74 Å². The summed E-state index contributed by atoms with van der Waals surface area (Å²) in [4.78, 5) is 0. The van der Waals surface area contributed by atoms with E-state index in [1.807, 2.05) is 19.9 Å². The molecule has 0 heterocycles. The van der Waals surface area contributed by atoms with Crippen molar-refractivity contribution < 1.29 is 9.84 Å². The van der Waals surface area contributed by atoms with Crippen LogP contribution in [0.15, 0.2) is 12.1 Å². The third-order valence-corrected chi connectivity index (χ3v) is 2.33. The van der Waals surface area contributed by atoms with Gasteiger partial charge in [-0.05, 0) is 44.9 Å². The first-order valence-electron chi connectivity index (χ1n) is 5.45. The van der Waals surface area contributed by atoms with Crippen molar-refractivity contribution >= 4 is 5.69 Å². The zero-order chi connectivity index (χ0) is 12.3. The third kappa shape index (κ3) is 3.42. The molecule has 0 fully saturated rings. The lowest BCUT2D eigenvalue weighted by Crippen LogP contribution is -2.29. The molecule has 2 N–H and O–H groups in total. The molecule has 0 unspecified atom stereocenters. The molecule has 3 heteroatoms. The number of anilines is 1. The fourth-order valence-corrected chi connectivity index (χ4v) is 1.67. The number of rotatable bonds is 4. The molecule has 0 spiro atoms. The predicted molar refractivity (Wildman–Crippen MR) is 67.3 cm³/mol. The number of benzene rings is 1. The van der Waals surface area contributed by atoms with E-state index in [0.29, 0.717) is 6.54 Å². The van der Waals surface area contributed by atoms with Crippen LogP contribution in [0.4, 0.5) is 5.69 Å². The summed E-state index contributed by atoms with van der Waals surface area (Å²) < 4.78 is 5.35. The van der Waals surface area contributed by atoms with Gasteiger partial charge in [0.2, 0.25) is 0 Å². The van der Waals surface area contributed by atoms with Crippen LogP contribution in [0, 0.1) is 13.8 Å². The van der Waals surface area contributed by atoms with Crippen LogP contribution in [-0.2, 0) is 0 Å². The van der Waals surface area contributed by atoms with E-state index >= 15 is 0 Å². The van der Waals surface area contributed by atoms with E-state index in [1.165, 1.54) is 5.56 Å². The van der Waals surface area contributed by atoms with Gasteiger partial charge in [0.25, 0.3) is 0 Å². The second kappa shape index (κ2) is 4.74. The SMILES string of the molecule is COc1c(C)cc(C)cc1NCC(C)(C)O. The van der Waals surface area contributed by atoms with Gasteiger partial charge in [0.05, 0.1) is 18.4 Å². The molecule has 0 bridgehead atoms. The molecule has 0 aromatic heterocycles. The van der Waals surface area contributed by atoms with Gasteiger partial charge < -0.3 is 15.2 Å². The number of aryl methyl sites for hydroxylation is 2. The first-order chi connectivity index (χ1) is 7.33. The molecule has 3 nitrogen and oxygen atoms in total. The molecule has 0 radical (unpaired) electrons. The second-order valence-electron chi connectivity index (χ2n) is 4.83. The summed E-state index contributed by atoms with van der Waals surface area (Å²) in [5.74, 6) is 0.842. The van der Waals surface area contributed by atoms with E-state index < -0.39 is 5.60 Å². The maximum Gasteiger partial charge on any atom is 0.144 e. The Kier molecular flexibility index (Phi) is 3.81. The van der Waals surface area contributed by atoms with Gasteiger partial charge in [-0.15, -0.1) is 0 Å². The lowest BCUT2D eigenvalue weighted by molar-refractivity contribution is 0.0944. The van der Waals surface area contributed by atoms with Crippen LogP contribution in [0.5, 0.6) is 5.75 Å². The Hall–Kier alpha value is -1.22. The van der Waals surface area contributed by atoms with E-state index in [2.05, 4.69) is 11.4 Å². The number of hydrogen-bond donors (Lipinski definition) is 2. The molecule has 16 heavy (non-hydrogen) atoms. The lowest BCUT2D eigenvalue weighted by Gasteiger charge is -2.21. The molecule has 1 aromatic carbocycles. The van der Waals surface area contributed by atoms with Crippen LogP contribution in [-0.4, -0.2) is 24.4 Å². The molecule has 0 atom stereocenters. The minimum atomic E-state index is -0.733. The minimum absolute atomic E-state index is 0.492. The summed E-state index contributed by atoms with van der Waals surface area (Å²) in [6, 6.07) is 4.10. The van der Waals surface area contributed by atoms with Gasteiger partial charge in [0.1, 0.15) is 5.75 Å². The zero-order valence-electron chi connectivity index (χ0n) is 10.7. The normalized spacial score (nSPS) is 11.4. The highest BCUT2D eigenvalue weighted by molar-refractivity contribution is 5.61. The Labute approximate surface area is 97.4 Å². The van der Waals surface area contributed by atoms with Crippen molar-refractivity contribution in [3.63, 3.8) is 0 Å². The van der Waals surface area contributed by atoms with Crippen molar-refractivity contribution in [1.82, 2.24) is 0 Å². The zero-order valence-corrected chi connectivity index (χ0v) is 10.7. The molecule has 0 amide bonds. The van der Waals surface area contributed by atoms with Gasteiger partial charge in [-0.2, -0.15) is 0 Å². The lowest BCUT2D eigenvalue weighted by atomic mass is 10.1. The maximum atomic E-state index is 9.68. The smallest absolute Gasteiger partial charge is 0.144 e. The number of ether oxygens (including phenoxy) is 1. The van der Waals surface area contributed by atoms with Crippen LogP contribution >= 0.6 is 0 Å². The number of nitrogens with one attached hydrogen (secondary N) is 1. The average molecular weight is 223 g/mol. The molecule has 1 aromatic rings. The summed E-state index contributed by atoms with van der Waals surface area (Å²) in [7, 11) is 1.66. The van der Waals surface area contributed by atoms with Crippen molar-refractivity contribution in [2.24, 2.45) is 0 Å². The Morgan fingerprint density at radius 2 is 1.94 bits per heavy atom. The largest absolute Gasteiger partial charge is 0.494 e. The van der Waals surface area contributed by atoms with E-state index in [0.717, 1.165) is 17.0 Å². The summed E-state index contributed by atoms with van der Waals surface area (Å²) >= 11 is 0. The molecular formula is C13H21NO2. The average Bonchev–Trinajstić information content (AvgIpc) is 2.12. The van der Waals surface area contributed by atoms with Crippen LogP contribution < -0.4 is 10.1 Å². The van der Waals surface area contributed by atoms with Crippen molar-refractivity contribution in [2.75, 3.05) is 19.0 Å². The number of methoxy groups -OCH3 is 1. The molecule has 0 aliphatic rings. The fourth-order valence-electron chi connectivity index (χ4n) is 1.67. The van der Waals surface area contributed by atoms with Crippen molar-refractivity contribution in [3.8, 4) is 5.75 Å². The molecule has 0 aliphatic carbocycles. The van der Waals surface area contributed by atoms with Crippen LogP contribution in [0.25, 0.3) is 0 Å². The highest BCUT2D eigenvalue weighted by Crippen LogP contribution is 2.30. The Morgan fingerprint density at radius 3 is 2.44 bits per heavy atom. The summed E-state index contributed by atoms with van der Waals surface area (Å²) in [6.45, 7) is 8.10. The molecule has 90 valence electrons. The standard InChI is InChI=1S/C13H21NO2/c1-9-6-10(2)12(16-5)11(7-9)14-8-13(3,4)15/h6-7,14-15H,8H2,1-5H3. The highest BCUT2D eigenvalue weighted by atomic mass is 16.5. The molecule has 0 saturated carbocycles. The fraction of sp³-hybridized carbons (Fsp3) is 0.538. The van der Waals surface area contributed by atoms with Crippen molar-refractivity contribution in [2.45, 2.75) is 33.3 Å². The van der Waals surface area contributed by atoms with Gasteiger partial charge in [0, 0.05) is 6.54 Å². The van der Waals surface area contributed by atoms with Gasteiger partial charge >= 0.3 is 0 Å². The highest BCUT2D eigenvalue weighted by Gasteiger charge is 2.14. The van der Waals surface area contributed by atoms with Gasteiger partial charge in [-0.1, -0.05) is 6.07 Å². The summed E-state index contributed by atoms with van der Waals surface area (Å²) in [5, 5.41) is 12.9. The van der Waals surface area contributed by atoms with Gasteiger partial charge in [-0.3, -0.25) is 0 Å². The second-order valence-corrected chi connectivity index (χ2v) is 4.83. The Bertz CT molecular complexity index is 367. The quantitative estimate of drug-likeness (QED) is 0.824. The van der Waals surface area contributed by atoms with Crippen molar-refractivity contribution in [3.05, 3.63) is 23.3 Å². The minimum Gasteiger partial charge on any atom is -0.494 e. The van der Waals surface area contributed by atoms with Crippen molar-refractivity contribution in [1.29, 1.82) is 0 Å². The van der Waals surface area contributed by atoms with Crippen LogP contribution in [0.1, 0.15) is 25.0 Å². The van der Waals surface area contributed by atoms with E-state index in [9.17, 15) is 5.11 Å². The van der Waals surface area contributed by atoms with E-state index in [-0.39, 0.29) is 0 Å². The summed E-state index contributed by atoms with van der Waals surface area (Å²) in [5.41, 5.74) is 2.47. The Morgan fingerprint density at radius 1 is 1.31 bits per heavy atom. The van der Waals surface area contributed by atoms with E-state index in [1.54, 1.807) is 21.0 Å². The molecule has 1 rings (SSSR count). The first-order valence-corrected chi connectivity index (χ1v) is 5.45. The molecule has 0 aliphatic heterocycles. The topological polar surface area (TPSA) is 41.5 Å². The first kappa shape index (κ1) is 12.8. The van der Waals surface area contributed by atoms with Gasteiger partial charge in [0.15, 0.2) is 0 Å². The number of aliphatic hydroxyl groups is 1. The summed E-state index contributed by atoms with van der Waals surface area (Å²) in [6.07, 6.45) is 0. The number of hydrogen-bond acceptors (Lipinski definition) is 3. The maximum absolute atomic E-state index is 9.68. The van der Waals surface area contributed by atoms with Gasteiger partial charge in [-0.25, -0.2) is 0 Å². The van der Waals surface area contributed by atoms with Crippen LogP contribution in [0.3, 0.4) is 0 Å². The Balaban J connectivity index is 2.94.